The molecule has 1 N–H and O–H groups in total. The van der Waals surface area contributed by atoms with Gasteiger partial charge in [0.25, 0.3) is 5.69 Å². The van der Waals surface area contributed by atoms with Crippen molar-refractivity contribution in [3.05, 3.63) is 33.9 Å². The number of nitrogens with zero attached hydrogens (tertiary/aromatic N) is 1. The monoisotopic (exact) mass is 236 g/mol. The minimum absolute atomic E-state index is 0.0974. The molecule has 0 amide bonds. The molecular weight excluding hydrogens is 224 g/mol. The van der Waals surface area contributed by atoms with Crippen LogP contribution in [0.5, 0.6) is 0 Å². The van der Waals surface area contributed by atoms with Crippen LogP contribution in [0.25, 0.3) is 0 Å². The van der Waals surface area contributed by atoms with Crippen LogP contribution in [-0.4, -0.2) is 24.0 Å². The Morgan fingerprint density at radius 3 is 2.76 bits per heavy atom. The average Bonchev–Trinajstić information content (AvgIpc) is 3.12. The highest BCUT2D eigenvalue weighted by molar-refractivity contribution is 5.98. The number of ether oxygens (including phenoxy) is 1. The Labute approximate surface area is 97.7 Å². The molecule has 2 rings (SSSR count). The minimum atomic E-state index is -0.572. The van der Waals surface area contributed by atoms with E-state index >= 15 is 0 Å². The maximum Gasteiger partial charge on any atom is 0.340 e. The predicted octanol–water partition coefficient (Wildman–Crippen LogP) is 1.96. The zero-order chi connectivity index (χ0) is 12.4. The molecule has 0 saturated heterocycles. The summed E-state index contributed by atoms with van der Waals surface area (Å²) < 4.78 is 4.61. The molecule has 0 bridgehead atoms. The van der Waals surface area contributed by atoms with Gasteiger partial charge in [0.15, 0.2) is 0 Å². The lowest BCUT2D eigenvalue weighted by atomic mass is 10.1. The molecule has 1 aliphatic carbocycles. The van der Waals surface area contributed by atoms with Crippen molar-refractivity contribution in [2.45, 2.75) is 18.9 Å². The summed E-state index contributed by atoms with van der Waals surface area (Å²) in [5.41, 5.74) is 0.361. The average molecular weight is 236 g/mol. The van der Waals surface area contributed by atoms with Crippen molar-refractivity contribution in [1.29, 1.82) is 0 Å². The van der Waals surface area contributed by atoms with Crippen LogP contribution in [-0.2, 0) is 4.74 Å². The number of nitrogens with one attached hydrogen (secondary N) is 1. The highest BCUT2D eigenvalue weighted by atomic mass is 16.6. The van der Waals surface area contributed by atoms with Crippen LogP contribution in [0.4, 0.5) is 11.4 Å². The van der Waals surface area contributed by atoms with Gasteiger partial charge in [0, 0.05) is 12.1 Å². The van der Waals surface area contributed by atoms with Gasteiger partial charge in [-0.05, 0) is 18.9 Å². The van der Waals surface area contributed by atoms with E-state index in [1.54, 1.807) is 0 Å². The normalized spacial score (nSPS) is 14.2. The van der Waals surface area contributed by atoms with E-state index in [2.05, 4.69) is 10.1 Å². The topological polar surface area (TPSA) is 81.5 Å². The van der Waals surface area contributed by atoms with Gasteiger partial charge in [0.1, 0.15) is 5.69 Å². The van der Waals surface area contributed by atoms with E-state index in [0.29, 0.717) is 0 Å². The molecule has 17 heavy (non-hydrogen) atoms. The standard InChI is InChI=1S/C11H12N2O4/c1-17-11(14)8-3-2-4-9(13(15)16)10(8)12-7-5-6-7/h2-4,7,12H,5-6H2,1H3. The number of carbonyl (C=O) groups excluding carboxylic acids is 1. The van der Waals surface area contributed by atoms with Crippen LogP contribution in [0.3, 0.4) is 0 Å². The zero-order valence-electron chi connectivity index (χ0n) is 9.30. The highest BCUT2D eigenvalue weighted by Crippen LogP contribution is 2.33. The van der Waals surface area contributed by atoms with Crippen molar-refractivity contribution in [1.82, 2.24) is 0 Å². The largest absolute Gasteiger partial charge is 0.465 e. The maximum atomic E-state index is 11.5. The van der Waals surface area contributed by atoms with Crippen LogP contribution in [0, 0.1) is 10.1 Å². The van der Waals surface area contributed by atoms with Crippen molar-refractivity contribution in [3.63, 3.8) is 0 Å². The van der Waals surface area contributed by atoms with E-state index in [-0.39, 0.29) is 23.0 Å². The lowest BCUT2D eigenvalue weighted by Crippen LogP contribution is -2.11. The molecular formula is C11H12N2O4. The summed E-state index contributed by atoms with van der Waals surface area (Å²) in [4.78, 5) is 21.9. The van der Waals surface area contributed by atoms with Crippen LogP contribution in [0.1, 0.15) is 23.2 Å². The lowest BCUT2D eigenvalue weighted by molar-refractivity contribution is -0.384. The number of nitro benzene ring substituents is 1. The van der Waals surface area contributed by atoms with E-state index in [1.807, 2.05) is 0 Å². The fraction of sp³-hybridized carbons (Fsp3) is 0.364. The van der Waals surface area contributed by atoms with Crippen molar-refractivity contribution < 1.29 is 14.5 Å². The second kappa shape index (κ2) is 4.40. The van der Waals surface area contributed by atoms with E-state index in [4.69, 9.17) is 0 Å². The summed E-state index contributed by atoms with van der Waals surface area (Å²) in [6, 6.07) is 4.59. The number of rotatable bonds is 4. The van der Waals surface area contributed by atoms with Crippen molar-refractivity contribution in [2.75, 3.05) is 12.4 Å². The molecule has 1 aliphatic rings. The number of methoxy groups -OCH3 is 1. The zero-order valence-corrected chi connectivity index (χ0v) is 9.30. The number of hydrogen-bond donors (Lipinski definition) is 1. The first-order valence-corrected chi connectivity index (χ1v) is 5.25. The summed E-state index contributed by atoms with van der Waals surface area (Å²) >= 11 is 0. The number of anilines is 1. The molecule has 0 unspecified atom stereocenters. The lowest BCUT2D eigenvalue weighted by Gasteiger charge is -2.09. The SMILES string of the molecule is COC(=O)c1cccc([N+](=O)[O-])c1NC1CC1. The molecule has 1 aromatic rings. The smallest absolute Gasteiger partial charge is 0.340 e. The fourth-order valence-electron chi connectivity index (χ4n) is 1.56. The number of benzene rings is 1. The van der Waals surface area contributed by atoms with Crippen LogP contribution in [0.2, 0.25) is 0 Å². The van der Waals surface area contributed by atoms with Crippen molar-refractivity contribution in [2.24, 2.45) is 0 Å². The molecule has 1 saturated carbocycles. The maximum absolute atomic E-state index is 11.5. The summed E-state index contributed by atoms with van der Waals surface area (Å²) in [6.45, 7) is 0. The number of esters is 1. The molecule has 0 aromatic heterocycles. The van der Waals surface area contributed by atoms with Gasteiger partial charge in [0.05, 0.1) is 17.6 Å². The number of hydrogen-bond acceptors (Lipinski definition) is 5. The third-order valence-electron chi connectivity index (χ3n) is 2.57. The molecule has 0 radical (unpaired) electrons. The molecule has 0 spiro atoms. The van der Waals surface area contributed by atoms with Crippen molar-refractivity contribution >= 4 is 17.3 Å². The Balaban J connectivity index is 2.45. The summed E-state index contributed by atoms with van der Waals surface area (Å²) in [7, 11) is 1.25. The van der Waals surface area contributed by atoms with Gasteiger partial charge in [-0.1, -0.05) is 6.07 Å². The molecule has 6 nitrogen and oxygen atoms in total. The Morgan fingerprint density at radius 1 is 1.53 bits per heavy atom. The molecule has 1 fully saturated rings. The van der Waals surface area contributed by atoms with E-state index < -0.39 is 10.9 Å². The second-order valence-corrected chi connectivity index (χ2v) is 3.87. The Kier molecular flexibility index (Phi) is 2.95. The second-order valence-electron chi connectivity index (χ2n) is 3.87. The third kappa shape index (κ3) is 2.35. The third-order valence-corrected chi connectivity index (χ3v) is 2.57. The summed E-state index contributed by atoms with van der Waals surface area (Å²) in [5, 5.41) is 13.9. The Morgan fingerprint density at radius 2 is 2.24 bits per heavy atom. The van der Waals surface area contributed by atoms with Crippen LogP contribution in [0.15, 0.2) is 18.2 Å². The van der Waals surface area contributed by atoms with E-state index in [1.165, 1.54) is 25.3 Å². The molecule has 6 heteroatoms. The molecule has 90 valence electrons. The highest BCUT2D eigenvalue weighted by Gasteiger charge is 2.28. The fourth-order valence-corrected chi connectivity index (χ4v) is 1.56. The molecule has 0 atom stereocenters. The van der Waals surface area contributed by atoms with Gasteiger partial charge >= 0.3 is 5.97 Å². The van der Waals surface area contributed by atoms with Gasteiger partial charge in [-0.15, -0.1) is 0 Å². The van der Waals surface area contributed by atoms with E-state index in [9.17, 15) is 14.9 Å². The van der Waals surface area contributed by atoms with Gasteiger partial charge < -0.3 is 10.1 Å². The first-order valence-electron chi connectivity index (χ1n) is 5.25. The Bertz CT molecular complexity index is 469. The van der Waals surface area contributed by atoms with E-state index in [0.717, 1.165) is 12.8 Å². The van der Waals surface area contributed by atoms with Crippen LogP contribution < -0.4 is 5.32 Å². The molecule has 0 heterocycles. The number of nitro groups is 1. The predicted molar refractivity (Wildman–Crippen MR) is 61.1 cm³/mol. The Hall–Kier alpha value is -2.11. The van der Waals surface area contributed by atoms with Crippen LogP contribution >= 0.6 is 0 Å². The molecule has 1 aromatic carbocycles. The van der Waals surface area contributed by atoms with Gasteiger partial charge in [0.2, 0.25) is 0 Å². The van der Waals surface area contributed by atoms with Gasteiger partial charge in [-0.3, -0.25) is 10.1 Å². The quantitative estimate of drug-likeness (QED) is 0.491. The van der Waals surface area contributed by atoms with Crippen molar-refractivity contribution in [3.8, 4) is 0 Å². The summed E-state index contributed by atoms with van der Waals surface area (Å²) in [6.07, 6.45) is 1.93. The number of para-hydroxylation sites is 1. The summed E-state index contributed by atoms with van der Waals surface area (Å²) in [5.74, 6) is -0.572. The first-order chi connectivity index (χ1) is 8.13. The molecule has 0 aliphatic heterocycles. The van der Waals surface area contributed by atoms with Gasteiger partial charge in [-0.2, -0.15) is 0 Å². The first kappa shape index (κ1) is 11.4. The van der Waals surface area contributed by atoms with Gasteiger partial charge in [-0.25, -0.2) is 4.79 Å². The minimum Gasteiger partial charge on any atom is -0.465 e. The number of carbonyl (C=O) groups is 1.